The number of nitrogens with zero attached hydrogens (tertiary/aromatic N) is 1. The first-order chi connectivity index (χ1) is 5.66. The molecule has 0 aliphatic rings. The van der Waals surface area contributed by atoms with Crippen LogP contribution < -0.4 is 0 Å². The van der Waals surface area contributed by atoms with Gasteiger partial charge in [-0.1, -0.05) is 0 Å². The van der Waals surface area contributed by atoms with E-state index in [1.807, 2.05) is 0 Å². The maximum atomic E-state index is 12.7. The van der Waals surface area contributed by atoms with Crippen LogP contribution in [-0.4, -0.2) is 6.08 Å². The summed E-state index contributed by atoms with van der Waals surface area (Å²) in [6.45, 7) is 0. The number of hydrogen-bond acceptors (Lipinski definition) is 3. The topological polar surface area (TPSA) is 29.4 Å². The molecule has 0 heterocycles. The van der Waals surface area contributed by atoms with Crippen molar-refractivity contribution in [2.75, 3.05) is 0 Å². The zero-order chi connectivity index (χ0) is 9.14. The van der Waals surface area contributed by atoms with E-state index in [-0.39, 0.29) is 10.6 Å². The SMILES string of the molecule is O=C=Nc1ccc(F)c(F)c1S. The molecule has 0 fully saturated rings. The Kier molecular flexibility index (Phi) is 2.58. The molecule has 0 radical (unpaired) electrons. The Morgan fingerprint density at radius 2 is 2.08 bits per heavy atom. The lowest BCUT2D eigenvalue weighted by Crippen LogP contribution is -1.85. The van der Waals surface area contributed by atoms with Gasteiger partial charge in [0.15, 0.2) is 11.6 Å². The van der Waals surface area contributed by atoms with Crippen molar-refractivity contribution in [3.8, 4) is 0 Å². The molecule has 1 aromatic carbocycles. The first-order valence-corrected chi connectivity index (χ1v) is 3.36. The van der Waals surface area contributed by atoms with Gasteiger partial charge in [0.2, 0.25) is 6.08 Å². The van der Waals surface area contributed by atoms with Gasteiger partial charge in [-0.15, -0.1) is 12.6 Å². The predicted octanol–water partition coefficient (Wildman–Crippen LogP) is 2.22. The van der Waals surface area contributed by atoms with Crippen LogP contribution in [0.3, 0.4) is 0 Å². The zero-order valence-electron chi connectivity index (χ0n) is 5.71. The second kappa shape index (κ2) is 3.47. The second-order valence-electron chi connectivity index (χ2n) is 1.93. The number of carbonyl (C=O) groups excluding carboxylic acids is 1. The van der Waals surface area contributed by atoms with E-state index in [2.05, 4.69) is 17.6 Å². The fourth-order valence-electron chi connectivity index (χ4n) is 0.669. The maximum absolute atomic E-state index is 12.7. The molecule has 0 saturated heterocycles. The van der Waals surface area contributed by atoms with E-state index in [1.54, 1.807) is 0 Å². The van der Waals surface area contributed by atoms with Crippen molar-refractivity contribution in [1.29, 1.82) is 0 Å². The van der Waals surface area contributed by atoms with Gasteiger partial charge in [0.05, 0.1) is 10.6 Å². The van der Waals surface area contributed by atoms with Crippen molar-refractivity contribution >= 4 is 24.4 Å². The number of isocyanates is 1. The summed E-state index contributed by atoms with van der Waals surface area (Å²) >= 11 is 3.63. The summed E-state index contributed by atoms with van der Waals surface area (Å²) in [6.07, 6.45) is 1.21. The van der Waals surface area contributed by atoms with Crippen LogP contribution >= 0.6 is 12.6 Å². The molecule has 0 aliphatic heterocycles. The van der Waals surface area contributed by atoms with Crippen LogP contribution in [-0.2, 0) is 4.79 Å². The van der Waals surface area contributed by atoms with E-state index < -0.39 is 11.6 Å². The molecule has 0 bridgehead atoms. The number of aliphatic imine (C=N–C) groups is 1. The number of hydrogen-bond donors (Lipinski definition) is 1. The number of benzene rings is 1. The van der Waals surface area contributed by atoms with Gasteiger partial charge >= 0.3 is 0 Å². The van der Waals surface area contributed by atoms with Crippen LogP contribution in [0.1, 0.15) is 0 Å². The maximum Gasteiger partial charge on any atom is 0.240 e. The minimum absolute atomic E-state index is 0.0350. The molecule has 0 amide bonds. The highest BCUT2D eigenvalue weighted by Gasteiger charge is 2.09. The largest absolute Gasteiger partial charge is 0.240 e. The predicted molar refractivity (Wildman–Crippen MR) is 41.4 cm³/mol. The summed E-state index contributed by atoms with van der Waals surface area (Å²) in [5.74, 6) is -2.14. The van der Waals surface area contributed by atoms with Gasteiger partial charge in [-0.25, -0.2) is 13.6 Å². The van der Waals surface area contributed by atoms with Gasteiger partial charge in [-0.05, 0) is 12.1 Å². The molecule has 5 heteroatoms. The Morgan fingerprint density at radius 3 is 2.67 bits per heavy atom. The van der Waals surface area contributed by atoms with Crippen LogP contribution in [0.5, 0.6) is 0 Å². The van der Waals surface area contributed by atoms with Gasteiger partial charge < -0.3 is 0 Å². The van der Waals surface area contributed by atoms with Gasteiger partial charge in [0.25, 0.3) is 0 Å². The summed E-state index contributed by atoms with van der Waals surface area (Å²) in [7, 11) is 0. The van der Waals surface area contributed by atoms with Crippen molar-refractivity contribution in [2.45, 2.75) is 4.90 Å². The lowest BCUT2D eigenvalue weighted by atomic mass is 10.3. The van der Waals surface area contributed by atoms with Crippen molar-refractivity contribution in [2.24, 2.45) is 4.99 Å². The lowest BCUT2D eigenvalue weighted by Gasteiger charge is -1.98. The fourth-order valence-corrected chi connectivity index (χ4v) is 0.900. The average Bonchev–Trinajstić information content (AvgIpc) is 2.07. The minimum atomic E-state index is -1.12. The summed E-state index contributed by atoms with van der Waals surface area (Å²) < 4.78 is 25.1. The molecule has 1 aromatic rings. The highest BCUT2D eigenvalue weighted by molar-refractivity contribution is 7.80. The molecule has 0 N–H and O–H groups in total. The number of rotatable bonds is 1. The third-order valence-corrected chi connectivity index (χ3v) is 1.64. The van der Waals surface area contributed by atoms with Gasteiger partial charge in [0, 0.05) is 0 Å². The highest BCUT2D eigenvalue weighted by Crippen LogP contribution is 2.26. The Hall–Kier alpha value is -1.19. The summed E-state index contributed by atoms with van der Waals surface area (Å²) in [5.41, 5.74) is -0.0350. The molecule has 0 atom stereocenters. The molecule has 2 nitrogen and oxygen atoms in total. The van der Waals surface area contributed by atoms with Crippen molar-refractivity contribution < 1.29 is 13.6 Å². The van der Waals surface area contributed by atoms with Crippen LogP contribution in [0, 0.1) is 11.6 Å². The van der Waals surface area contributed by atoms with Gasteiger partial charge in [0.1, 0.15) is 0 Å². The smallest absolute Gasteiger partial charge is 0.211 e. The standard InChI is InChI=1S/C7H3F2NOS/c8-4-1-2-5(10-3-11)7(12)6(4)9/h1-2,12H. The molecule has 0 spiro atoms. The normalized spacial score (nSPS) is 9.25. The van der Waals surface area contributed by atoms with E-state index in [0.717, 1.165) is 12.1 Å². The van der Waals surface area contributed by atoms with E-state index in [0.29, 0.717) is 0 Å². The Bertz CT molecular complexity index is 361. The number of thiol groups is 1. The zero-order valence-corrected chi connectivity index (χ0v) is 6.61. The van der Waals surface area contributed by atoms with E-state index in [4.69, 9.17) is 0 Å². The quantitative estimate of drug-likeness (QED) is 0.407. The first kappa shape index (κ1) is 8.90. The summed E-state index contributed by atoms with van der Waals surface area (Å²) in [6, 6.07) is 2.01. The van der Waals surface area contributed by atoms with Gasteiger partial charge in [-0.3, -0.25) is 0 Å². The number of halogens is 2. The second-order valence-corrected chi connectivity index (χ2v) is 2.38. The summed E-state index contributed by atoms with van der Waals surface area (Å²) in [5, 5.41) is 0. The van der Waals surface area contributed by atoms with E-state index in [9.17, 15) is 13.6 Å². The molecule has 0 saturated carbocycles. The lowest BCUT2D eigenvalue weighted by molar-refractivity contribution is 0.492. The molecule has 0 aromatic heterocycles. The first-order valence-electron chi connectivity index (χ1n) is 2.91. The van der Waals surface area contributed by atoms with Crippen molar-refractivity contribution in [3.05, 3.63) is 23.8 Å². The molecular formula is C7H3F2NOS. The van der Waals surface area contributed by atoms with Crippen LogP contribution in [0.4, 0.5) is 14.5 Å². The average molecular weight is 187 g/mol. The Morgan fingerprint density at radius 1 is 1.42 bits per heavy atom. The van der Waals surface area contributed by atoms with Gasteiger partial charge in [-0.2, -0.15) is 4.99 Å². The third kappa shape index (κ3) is 1.52. The van der Waals surface area contributed by atoms with Crippen LogP contribution in [0.25, 0.3) is 0 Å². The van der Waals surface area contributed by atoms with E-state index >= 15 is 0 Å². The Balaban J connectivity index is 3.35. The molecule has 62 valence electrons. The van der Waals surface area contributed by atoms with Crippen LogP contribution in [0.2, 0.25) is 0 Å². The highest BCUT2D eigenvalue weighted by atomic mass is 32.1. The summed E-state index contributed by atoms with van der Waals surface area (Å²) in [4.78, 5) is 12.6. The molecule has 0 aliphatic carbocycles. The third-order valence-electron chi connectivity index (χ3n) is 1.21. The fraction of sp³-hybridized carbons (Fsp3) is 0. The minimum Gasteiger partial charge on any atom is -0.211 e. The van der Waals surface area contributed by atoms with Crippen molar-refractivity contribution in [1.82, 2.24) is 0 Å². The van der Waals surface area contributed by atoms with E-state index in [1.165, 1.54) is 6.08 Å². The monoisotopic (exact) mass is 187 g/mol. The molecule has 0 unspecified atom stereocenters. The molecular weight excluding hydrogens is 184 g/mol. The van der Waals surface area contributed by atoms with Crippen LogP contribution in [0.15, 0.2) is 22.0 Å². The Labute approximate surface area is 72.3 Å². The van der Waals surface area contributed by atoms with Crippen molar-refractivity contribution in [3.63, 3.8) is 0 Å². The molecule has 1 rings (SSSR count). The molecule has 12 heavy (non-hydrogen) atoms.